The second-order valence-electron chi connectivity index (χ2n) is 12.8. The molecule has 3 nitrogen and oxygen atoms in total. The molecule has 3 atom stereocenters. The Hall–Kier alpha value is -1.09. The minimum atomic E-state index is -0.0920. The fraction of sp³-hybridized carbons (Fsp3) is 0.865. The second-order valence-corrected chi connectivity index (χ2v) is 12.8. The summed E-state index contributed by atoms with van der Waals surface area (Å²) in [7, 11) is 0. The monoisotopic (exact) mass is 559 g/mol. The fourth-order valence-electron chi connectivity index (χ4n) is 6.18. The first-order valence-corrected chi connectivity index (χ1v) is 17.9. The topological polar surface area (TPSA) is 38.8 Å². The van der Waals surface area contributed by atoms with Gasteiger partial charge in [0, 0.05) is 5.57 Å². The van der Waals surface area contributed by atoms with Crippen molar-refractivity contribution in [1.82, 2.24) is 0 Å². The maximum atomic E-state index is 11.6. The zero-order chi connectivity index (χ0) is 28.5. The second kappa shape index (κ2) is 24.5. The molecule has 0 N–H and O–H groups in total. The van der Waals surface area contributed by atoms with E-state index in [1.165, 1.54) is 161 Å². The summed E-state index contributed by atoms with van der Waals surface area (Å²) in [6.45, 7) is 4.23. The quantitative estimate of drug-likeness (QED) is 0.0396. The van der Waals surface area contributed by atoms with Gasteiger partial charge in [0.25, 0.3) is 0 Å². The summed E-state index contributed by atoms with van der Waals surface area (Å²) < 4.78 is 11.1. The highest BCUT2D eigenvalue weighted by molar-refractivity contribution is 5.90. The van der Waals surface area contributed by atoms with Crippen LogP contribution in [0.5, 0.6) is 0 Å². The van der Waals surface area contributed by atoms with Crippen molar-refractivity contribution in [3.8, 4) is 0 Å². The Labute approximate surface area is 249 Å². The molecule has 3 heteroatoms. The van der Waals surface area contributed by atoms with Gasteiger partial charge >= 0.3 is 5.97 Å². The third-order valence-electron chi connectivity index (χ3n) is 8.87. The van der Waals surface area contributed by atoms with E-state index in [2.05, 4.69) is 19.1 Å². The van der Waals surface area contributed by atoms with Crippen molar-refractivity contribution < 1.29 is 14.3 Å². The van der Waals surface area contributed by atoms with E-state index < -0.39 is 0 Å². The average molecular weight is 559 g/mol. The van der Waals surface area contributed by atoms with Gasteiger partial charge in [-0.25, -0.2) is 4.79 Å². The Bertz CT molecular complexity index is 666. The molecule has 232 valence electrons. The number of esters is 1. The first kappa shape index (κ1) is 35.1. The summed E-state index contributed by atoms with van der Waals surface area (Å²) in [5.74, 6) is -0.0920. The van der Waals surface area contributed by atoms with E-state index in [0.29, 0.717) is 12.2 Å². The minimum absolute atomic E-state index is 0.0199. The van der Waals surface area contributed by atoms with E-state index in [1.54, 1.807) is 0 Å². The van der Waals surface area contributed by atoms with Gasteiger partial charge in [-0.15, -0.1) is 0 Å². The first-order valence-electron chi connectivity index (χ1n) is 17.9. The molecule has 0 unspecified atom stereocenters. The van der Waals surface area contributed by atoms with E-state index in [0.717, 1.165) is 18.4 Å². The largest absolute Gasteiger partial charge is 0.455 e. The van der Waals surface area contributed by atoms with E-state index in [4.69, 9.17) is 9.47 Å². The highest BCUT2D eigenvalue weighted by Gasteiger charge is 2.36. The van der Waals surface area contributed by atoms with Gasteiger partial charge in [-0.3, -0.25) is 0 Å². The molecule has 0 aromatic rings. The molecule has 1 saturated heterocycles. The van der Waals surface area contributed by atoms with Crippen LogP contribution < -0.4 is 0 Å². The summed E-state index contributed by atoms with van der Waals surface area (Å²) in [6, 6.07) is 0. The van der Waals surface area contributed by atoms with Gasteiger partial charge in [-0.05, 0) is 57.9 Å². The van der Waals surface area contributed by atoms with Gasteiger partial charge in [0.1, 0.15) is 6.10 Å². The number of carbonyl (C=O) groups is 1. The molecule has 2 aliphatic rings. The molecule has 40 heavy (non-hydrogen) atoms. The van der Waals surface area contributed by atoms with Gasteiger partial charge in [0.05, 0.1) is 12.2 Å². The lowest BCUT2D eigenvalue weighted by atomic mass is 10.0. The van der Waals surface area contributed by atoms with Crippen LogP contribution in [0.15, 0.2) is 23.8 Å². The summed E-state index contributed by atoms with van der Waals surface area (Å²) in [6.07, 6.45) is 44.1. The van der Waals surface area contributed by atoms with Crippen molar-refractivity contribution >= 4 is 5.97 Å². The molecule has 0 amide bonds. The van der Waals surface area contributed by atoms with Crippen molar-refractivity contribution in [3.63, 3.8) is 0 Å². The molecule has 1 fully saturated rings. The Morgan fingerprint density at radius 1 is 0.600 bits per heavy atom. The zero-order valence-electron chi connectivity index (χ0n) is 26.8. The number of ether oxygens (including phenoxy) is 2. The first-order chi connectivity index (χ1) is 19.7. The van der Waals surface area contributed by atoms with Crippen LogP contribution in [0.1, 0.15) is 187 Å². The highest BCUT2D eigenvalue weighted by atomic mass is 16.6. The molecule has 0 bridgehead atoms. The van der Waals surface area contributed by atoms with Crippen LogP contribution in [0.4, 0.5) is 0 Å². The summed E-state index contributed by atoms with van der Waals surface area (Å²) in [4.78, 5) is 11.6. The minimum Gasteiger partial charge on any atom is -0.455 e. The summed E-state index contributed by atoms with van der Waals surface area (Å²) in [5, 5.41) is 0. The SMILES string of the molecule is CCCCCCCCCCCC/C=C\CC[C@@H]1O[C@H]1CCCCCCCCCCCCCCC1=C[C@H](C)OC1=O. The number of allylic oxidation sites excluding steroid dienone is 2. The fourth-order valence-corrected chi connectivity index (χ4v) is 6.18. The van der Waals surface area contributed by atoms with Gasteiger partial charge in [0.15, 0.2) is 0 Å². The molecule has 0 spiro atoms. The maximum absolute atomic E-state index is 11.6. The van der Waals surface area contributed by atoms with Crippen LogP contribution >= 0.6 is 0 Å². The van der Waals surface area contributed by atoms with Crippen LogP contribution in [0.3, 0.4) is 0 Å². The standard InChI is InChI=1S/C37H66O3/c1-3-4-5-6-7-8-9-10-11-15-18-21-24-27-30-35-36(40-35)31-28-25-22-19-16-13-12-14-17-20-23-26-29-34-32-33(2)39-37(34)38/h21,24,32-33,35-36H,3-20,22-23,25-31H2,1-2H3/b24-21-/t33-,35-,36-/m0/s1. The van der Waals surface area contributed by atoms with Crippen LogP contribution in [0.25, 0.3) is 0 Å². The van der Waals surface area contributed by atoms with E-state index in [-0.39, 0.29) is 12.1 Å². The third kappa shape index (κ3) is 19.1. The average Bonchev–Trinajstić information content (AvgIpc) is 3.61. The number of hydrogen-bond acceptors (Lipinski definition) is 3. The lowest BCUT2D eigenvalue weighted by Gasteiger charge is -2.03. The third-order valence-corrected chi connectivity index (χ3v) is 8.87. The van der Waals surface area contributed by atoms with E-state index >= 15 is 0 Å². The van der Waals surface area contributed by atoms with E-state index in [9.17, 15) is 4.79 Å². The molecule has 0 aromatic carbocycles. The Morgan fingerprint density at radius 2 is 1.07 bits per heavy atom. The van der Waals surface area contributed by atoms with Gasteiger partial charge in [0.2, 0.25) is 0 Å². The number of rotatable bonds is 29. The van der Waals surface area contributed by atoms with Crippen molar-refractivity contribution in [1.29, 1.82) is 0 Å². The smallest absolute Gasteiger partial charge is 0.334 e. The molecule has 0 aromatic heterocycles. The maximum Gasteiger partial charge on any atom is 0.334 e. The Morgan fingerprint density at radius 3 is 1.62 bits per heavy atom. The summed E-state index contributed by atoms with van der Waals surface area (Å²) >= 11 is 0. The molecular formula is C37H66O3. The molecule has 2 aliphatic heterocycles. The number of epoxide rings is 1. The van der Waals surface area contributed by atoms with Gasteiger partial charge < -0.3 is 9.47 Å². The van der Waals surface area contributed by atoms with Crippen LogP contribution in [-0.4, -0.2) is 24.3 Å². The number of unbranched alkanes of at least 4 members (excludes halogenated alkanes) is 21. The molecule has 0 radical (unpaired) electrons. The molecule has 2 heterocycles. The van der Waals surface area contributed by atoms with Crippen molar-refractivity contribution in [2.75, 3.05) is 0 Å². The summed E-state index contributed by atoms with van der Waals surface area (Å²) in [5.41, 5.74) is 0.898. The van der Waals surface area contributed by atoms with Gasteiger partial charge in [-0.1, -0.05) is 147 Å². The molecule has 0 aliphatic carbocycles. The van der Waals surface area contributed by atoms with Crippen LogP contribution in [0, 0.1) is 0 Å². The van der Waals surface area contributed by atoms with Crippen molar-refractivity contribution in [3.05, 3.63) is 23.8 Å². The number of carbonyl (C=O) groups excluding carboxylic acids is 1. The predicted molar refractivity (Wildman–Crippen MR) is 172 cm³/mol. The highest BCUT2D eigenvalue weighted by Crippen LogP contribution is 2.31. The normalized spacial score (nSPS) is 20.4. The predicted octanol–water partition coefficient (Wildman–Crippen LogP) is 11.7. The van der Waals surface area contributed by atoms with Crippen molar-refractivity contribution in [2.24, 2.45) is 0 Å². The lowest BCUT2D eigenvalue weighted by molar-refractivity contribution is -0.139. The van der Waals surface area contributed by atoms with Crippen molar-refractivity contribution in [2.45, 2.75) is 206 Å². The lowest BCUT2D eigenvalue weighted by Crippen LogP contribution is -2.03. The molecule has 2 rings (SSSR count). The Kier molecular flexibility index (Phi) is 21.5. The Balaban J connectivity index is 1.22. The molecule has 0 saturated carbocycles. The van der Waals surface area contributed by atoms with Crippen LogP contribution in [-0.2, 0) is 14.3 Å². The number of hydrogen-bond donors (Lipinski definition) is 0. The number of cyclic esters (lactones) is 1. The van der Waals surface area contributed by atoms with Gasteiger partial charge in [-0.2, -0.15) is 0 Å². The van der Waals surface area contributed by atoms with Crippen LogP contribution in [0.2, 0.25) is 0 Å². The molecular weight excluding hydrogens is 492 g/mol. The van der Waals surface area contributed by atoms with E-state index in [1.807, 2.05) is 13.0 Å². The zero-order valence-corrected chi connectivity index (χ0v) is 26.8.